The minimum atomic E-state index is -3.81. The van der Waals surface area contributed by atoms with E-state index in [9.17, 15) is 9.59 Å². The quantitative estimate of drug-likeness (QED) is 0.487. The van der Waals surface area contributed by atoms with Gasteiger partial charge < -0.3 is 14.8 Å². The third-order valence-electron chi connectivity index (χ3n) is 4.90. The van der Waals surface area contributed by atoms with Gasteiger partial charge in [0, 0.05) is 36.0 Å². The van der Waals surface area contributed by atoms with Crippen LogP contribution in [0, 0.1) is 13.8 Å². The Labute approximate surface area is 222 Å². The van der Waals surface area contributed by atoms with Gasteiger partial charge in [-0.05, 0) is 76.2 Å². The highest BCUT2D eigenvalue weighted by Gasteiger charge is 2.34. The van der Waals surface area contributed by atoms with Crippen LogP contribution >= 0.6 is 11.6 Å². The summed E-state index contributed by atoms with van der Waals surface area (Å²) >= 11 is 6.10. The molecule has 1 heterocycles. The number of nitrogens with zero attached hydrogens (tertiary/aromatic N) is 1. The Bertz CT molecular complexity index is 1480. The van der Waals surface area contributed by atoms with Gasteiger partial charge in [0.2, 0.25) is 0 Å². The molecule has 1 aliphatic rings. The summed E-state index contributed by atoms with van der Waals surface area (Å²) in [4.78, 5) is 31.2. The van der Waals surface area contributed by atoms with Crippen molar-refractivity contribution in [2.45, 2.75) is 84.2 Å². The van der Waals surface area contributed by atoms with Crippen LogP contribution in [-0.4, -0.2) is 35.6 Å². The van der Waals surface area contributed by atoms with E-state index in [4.69, 9.17) is 36.2 Å². The molecule has 1 saturated carbocycles. The van der Waals surface area contributed by atoms with Crippen LogP contribution in [0.3, 0.4) is 0 Å². The molecular weight excluding hydrogens is 452 g/mol. The molecule has 0 bridgehead atoms. The Hall–Kier alpha value is -2.44. The first-order chi connectivity index (χ1) is 20.1. The molecule has 1 atom stereocenters. The fourth-order valence-electron chi connectivity index (χ4n) is 3.51. The minimum Gasteiger partial charge on any atom is -0.467 e. The molecule has 34 heavy (non-hydrogen) atoms. The molecule has 0 aliphatic heterocycles. The topological polar surface area (TPSA) is 77.5 Å². The van der Waals surface area contributed by atoms with Crippen LogP contribution in [0.15, 0.2) is 24.3 Å². The average Bonchev–Trinajstić information content (AvgIpc) is 2.91. The molecule has 1 aliphatic carbocycles. The van der Waals surface area contributed by atoms with Gasteiger partial charge in [-0.2, -0.15) is 0 Å². The summed E-state index contributed by atoms with van der Waals surface area (Å²) < 4.78 is 102. The number of ether oxygens (including phenoxy) is 2. The van der Waals surface area contributed by atoms with Gasteiger partial charge in [0.05, 0.1) is 14.1 Å². The predicted octanol–water partition coefficient (Wildman–Crippen LogP) is 6.11. The summed E-state index contributed by atoms with van der Waals surface area (Å²) in [5.74, 6) is -2.16. The number of hydrogen-bond acceptors (Lipinski definition) is 5. The number of rotatable bonds is 6. The molecule has 1 fully saturated rings. The van der Waals surface area contributed by atoms with E-state index in [0.29, 0.717) is 10.6 Å². The highest BCUT2D eigenvalue weighted by Crippen LogP contribution is 2.38. The lowest BCUT2D eigenvalue weighted by Crippen LogP contribution is -2.37. The van der Waals surface area contributed by atoms with Crippen molar-refractivity contribution in [3.05, 3.63) is 51.8 Å². The minimum absolute atomic E-state index is 0.0590. The Morgan fingerprint density at radius 3 is 2.35 bits per heavy atom. The first-order valence-corrected chi connectivity index (χ1v) is 10.9. The molecule has 1 amide bonds. The number of benzene rings is 1. The third kappa shape index (κ3) is 6.16. The molecule has 0 unspecified atom stereocenters. The van der Waals surface area contributed by atoms with Crippen LogP contribution in [0.5, 0.6) is 0 Å². The number of amides is 1. The highest BCUT2D eigenvalue weighted by atomic mass is 35.5. The number of aromatic nitrogens is 1. The van der Waals surface area contributed by atoms with Gasteiger partial charge in [0.1, 0.15) is 5.69 Å². The van der Waals surface area contributed by atoms with Gasteiger partial charge in [-0.1, -0.05) is 42.9 Å². The van der Waals surface area contributed by atoms with Gasteiger partial charge in [0.25, 0.3) is 5.91 Å². The van der Waals surface area contributed by atoms with Gasteiger partial charge in [-0.25, -0.2) is 9.78 Å². The molecule has 7 heteroatoms. The lowest BCUT2D eigenvalue weighted by atomic mass is 9.89. The maximum absolute atomic E-state index is 13.9. The predicted molar refractivity (Wildman–Crippen MR) is 134 cm³/mol. The van der Waals surface area contributed by atoms with Gasteiger partial charge in [-0.3, -0.25) is 4.79 Å². The summed E-state index contributed by atoms with van der Waals surface area (Å²) in [5.41, 5.74) is -0.339. The summed E-state index contributed by atoms with van der Waals surface area (Å²) in [6.07, 6.45) is -20.3. The number of carbonyl (C=O) groups excluding carboxylic acids is 2. The van der Waals surface area contributed by atoms with Crippen LogP contribution in [0.2, 0.25) is 5.02 Å². The molecule has 1 N–H and O–H groups in total. The van der Waals surface area contributed by atoms with E-state index in [1.165, 1.54) is 21.0 Å². The molecule has 2 aromatic rings. The second-order valence-corrected chi connectivity index (χ2v) is 8.99. The summed E-state index contributed by atoms with van der Waals surface area (Å²) in [6.45, 7) is 8.01. The summed E-state index contributed by atoms with van der Waals surface area (Å²) in [7, 11) is 1.17. The summed E-state index contributed by atoms with van der Waals surface area (Å²) in [5, 5.41) is 2.22. The van der Waals surface area contributed by atoms with E-state index in [1.54, 1.807) is 45.0 Å². The van der Waals surface area contributed by atoms with E-state index >= 15 is 0 Å². The monoisotopic (exact) mass is 497 g/mol. The molecule has 1 aromatic carbocycles. The van der Waals surface area contributed by atoms with Crippen molar-refractivity contribution < 1.29 is 34.1 Å². The Balaban J connectivity index is 2.34. The van der Waals surface area contributed by atoms with Crippen LogP contribution in [0.4, 0.5) is 0 Å². The maximum Gasteiger partial charge on any atom is 0.339 e. The van der Waals surface area contributed by atoms with E-state index < -0.39 is 67.2 Å². The number of hydrogen-bond donors (Lipinski definition) is 1. The van der Waals surface area contributed by atoms with Crippen LogP contribution < -0.4 is 5.32 Å². The van der Waals surface area contributed by atoms with Crippen LogP contribution in [0.1, 0.15) is 101 Å². The van der Waals surface area contributed by atoms with Crippen molar-refractivity contribution >= 4 is 23.5 Å². The molecule has 6 nitrogen and oxygen atoms in total. The van der Waals surface area contributed by atoms with E-state index in [1.807, 2.05) is 5.32 Å². The largest absolute Gasteiger partial charge is 0.467 e. The second-order valence-electron chi connectivity index (χ2n) is 8.55. The molecule has 1 aromatic heterocycles. The first kappa shape index (κ1) is 14.8. The van der Waals surface area contributed by atoms with E-state index in [-0.39, 0.29) is 22.4 Å². The number of pyridine rings is 1. The normalized spacial score (nSPS) is 28.7. The summed E-state index contributed by atoms with van der Waals surface area (Å²) in [6, 6.07) is 2.58. The van der Waals surface area contributed by atoms with Crippen molar-refractivity contribution in [3.8, 4) is 11.1 Å². The van der Waals surface area contributed by atoms with Crippen LogP contribution in [0.25, 0.3) is 11.1 Å². The number of nitrogens with one attached hydrogen (secondary N) is 1. The fraction of sp³-hybridized carbons (Fsp3) is 0.519. The number of esters is 1. The van der Waals surface area contributed by atoms with Gasteiger partial charge >= 0.3 is 5.97 Å². The van der Waals surface area contributed by atoms with Gasteiger partial charge in [-0.15, -0.1) is 0 Å². The molecule has 3 rings (SSSR count). The van der Waals surface area contributed by atoms with Crippen LogP contribution in [-0.2, 0) is 14.3 Å². The van der Waals surface area contributed by atoms with E-state index in [0.717, 1.165) is 0 Å². The van der Waals surface area contributed by atoms with Gasteiger partial charge in [0.15, 0.2) is 6.10 Å². The average molecular weight is 498 g/mol. The number of methoxy groups -OCH3 is 1. The lowest BCUT2D eigenvalue weighted by Gasteiger charge is -2.29. The maximum atomic E-state index is 13.9. The Kier molecular flexibility index (Phi) is 4.75. The van der Waals surface area contributed by atoms with Crippen molar-refractivity contribution in [1.82, 2.24) is 10.3 Å². The van der Waals surface area contributed by atoms with Crippen molar-refractivity contribution in [3.63, 3.8) is 0 Å². The molecule has 0 saturated heterocycles. The molecular formula is C27H35ClN2O4. The number of halogens is 1. The fourth-order valence-corrected chi connectivity index (χ4v) is 3.64. The zero-order valence-electron chi connectivity index (χ0n) is 30.8. The Morgan fingerprint density at radius 2 is 1.79 bits per heavy atom. The molecule has 0 radical (unpaired) electrons. The zero-order chi connectivity index (χ0) is 34.9. The van der Waals surface area contributed by atoms with Crippen molar-refractivity contribution in [1.29, 1.82) is 0 Å². The molecule has 184 valence electrons. The standard InChI is InChI=1S/C27H35ClN2O4/c1-16-21(18-12-14-19(28)15-13-18)22(24(26(32)33-6)34-27(3,4)5)17(2)29-23(16)25(31)30-20-10-8-7-9-11-20/h12-15,20,24H,7-11H2,1-6H3,(H,30,31)/t24-/m0/s1/i7D2,8D2,9D2,10D2,11D2,20D. The lowest BCUT2D eigenvalue weighted by molar-refractivity contribution is -0.164. The Morgan fingerprint density at radius 1 is 1.18 bits per heavy atom. The van der Waals surface area contributed by atoms with E-state index in [2.05, 4.69) is 4.98 Å². The van der Waals surface area contributed by atoms with Crippen molar-refractivity contribution in [2.75, 3.05) is 7.11 Å². The number of carbonyl (C=O) groups is 2. The SMILES string of the molecule is [2H]C1([2H])C([2H])([2H])C([2H])([2H])C([2H])(NC(=O)c2nc(C)c([C@H](OC(C)(C)C)C(=O)OC)c(-c3ccc(Cl)cc3)c2C)C([2H])([2H])C1([2H])[2H]. The number of aryl methyl sites for hydroxylation is 1. The van der Waals surface area contributed by atoms with Crippen molar-refractivity contribution in [2.24, 2.45) is 0 Å². The second kappa shape index (κ2) is 10.9. The zero-order valence-corrected chi connectivity index (χ0v) is 20.6. The molecule has 0 spiro atoms. The smallest absolute Gasteiger partial charge is 0.339 e. The first-order valence-electron chi connectivity index (χ1n) is 16.0. The highest BCUT2D eigenvalue weighted by molar-refractivity contribution is 6.30. The third-order valence-corrected chi connectivity index (χ3v) is 5.16.